The van der Waals surface area contributed by atoms with Crippen LogP contribution in [0.3, 0.4) is 0 Å². The maximum absolute atomic E-state index is 2.37. The minimum Gasteiger partial charge on any atom is -0.351 e. The van der Waals surface area contributed by atoms with Crippen molar-refractivity contribution in [2.24, 2.45) is 0 Å². The van der Waals surface area contributed by atoms with Crippen molar-refractivity contribution in [1.82, 2.24) is 4.57 Å². The van der Waals surface area contributed by atoms with Gasteiger partial charge in [-0.3, -0.25) is 0 Å². The van der Waals surface area contributed by atoms with Gasteiger partial charge in [-0.05, 0) is 37.0 Å². The van der Waals surface area contributed by atoms with Crippen molar-refractivity contribution in [1.29, 1.82) is 0 Å². The lowest BCUT2D eigenvalue weighted by Crippen LogP contribution is -2.07. The Bertz CT molecular complexity index is 494. The van der Waals surface area contributed by atoms with E-state index in [0.717, 1.165) is 6.54 Å². The molecule has 2 aromatic rings. The third kappa shape index (κ3) is 1.23. The molecule has 0 radical (unpaired) electrons. The zero-order chi connectivity index (χ0) is 10.3. The first kappa shape index (κ1) is 8.78. The van der Waals surface area contributed by atoms with E-state index < -0.39 is 0 Å². The Labute approximate surface area is 90.4 Å². The van der Waals surface area contributed by atoms with Crippen LogP contribution in [0.5, 0.6) is 0 Å². The van der Waals surface area contributed by atoms with Crippen molar-refractivity contribution >= 4 is 0 Å². The molecule has 0 atom stereocenters. The Morgan fingerprint density at radius 2 is 1.93 bits per heavy atom. The fraction of sp³-hybridized carbons (Fsp3) is 0.286. The number of aryl methyl sites for hydroxylation is 2. The topological polar surface area (TPSA) is 4.93 Å². The summed E-state index contributed by atoms with van der Waals surface area (Å²) < 4.78 is 2.37. The summed E-state index contributed by atoms with van der Waals surface area (Å²) in [5.74, 6) is 0. The van der Waals surface area contributed by atoms with E-state index >= 15 is 0 Å². The summed E-state index contributed by atoms with van der Waals surface area (Å²) in [6.07, 6.45) is 4.59. The van der Waals surface area contributed by atoms with Gasteiger partial charge in [-0.2, -0.15) is 0 Å². The number of benzene rings is 1. The summed E-state index contributed by atoms with van der Waals surface area (Å²) >= 11 is 0. The molecule has 1 heteroatoms. The first-order chi connectivity index (χ1) is 7.40. The Balaban J connectivity index is 2.22. The van der Waals surface area contributed by atoms with Gasteiger partial charge in [0.05, 0.1) is 0 Å². The van der Waals surface area contributed by atoms with Crippen LogP contribution in [0.25, 0.3) is 11.1 Å². The number of rotatable bonds is 1. The van der Waals surface area contributed by atoms with Crippen LogP contribution >= 0.6 is 0 Å². The van der Waals surface area contributed by atoms with Gasteiger partial charge in [-0.15, -0.1) is 0 Å². The second kappa shape index (κ2) is 3.27. The van der Waals surface area contributed by atoms with Crippen LogP contribution in [0.2, 0.25) is 0 Å². The molecule has 0 saturated carbocycles. The molecule has 0 bridgehead atoms. The first-order valence-electron chi connectivity index (χ1n) is 5.66. The van der Waals surface area contributed by atoms with Crippen molar-refractivity contribution in [2.75, 3.05) is 0 Å². The Morgan fingerprint density at radius 1 is 1.07 bits per heavy atom. The molecule has 1 aromatic heterocycles. The lowest BCUT2D eigenvalue weighted by molar-refractivity contribution is 0.704. The van der Waals surface area contributed by atoms with Crippen LogP contribution in [0.4, 0.5) is 0 Å². The summed E-state index contributed by atoms with van der Waals surface area (Å²) in [5, 5.41) is 0. The standard InChI is InChI=1S/C14H15N/c1-2-15-10-9-13-12-6-4-3-5-11(12)7-8-14(13)15/h3-6,9-10H,2,7-8H2,1H3. The molecule has 3 rings (SSSR count). The van der Waals surface area contributed by atoms with Gasteiger partial charge in [-0.1, -0.05) is 24.3 Å². The van der Waals surface area contributed by atoms with Crippen LogP contribution in [-0.2, 0) is 19.4 Å². The van der Waals surface area contributed by atoms with E-state index in [-0.39, 0.29) is 0 Å². The highest BCUT2D eigenvalue weighted by Crippen LogP contribution is 2.33. The van der Waals surface area contributed by atoms with E-state index in [2.05, 4.69) is 48.0 Å². The van der Waals surface area contributed by atoms with Gasteiger partial charge in [-0.25, -0.2) is 0 Å². The quantitative estimate of drug-likeness (QED) is 0.661. The average molecular weight is 197 g/mol. The van der Waals surface area contributed by atoms with Gasteiger partial charge in [0.25, 0.3) is 0 Å². The summed E-state index contributed by atoms with van der Waals surface area (Å²) in [5.41, 5.74) is 5.89. The SMILES string of the molecule is CCn1ccc2c1CCc1ccccc1-2. The van der Waals surface area contributed by atoms with Gasteiger partial charge in [0, 0.05) is 24.0 Å². The predicted molar refractivity (Wildman–Crippen MR) is 63.0 cm³/mol. The molecular formula is C14H15N. The number of aromatic nitrogens is 1. The highest BCUT2D eigenvalue weighted by molar-refractivity contribution is 5.72. The second-order valence-electron chi connectivity index (χ2n) is 4.12. The number of hydrogen-bond donors (Lipinski definition) is 0. The second-order valence-corrected chi connectivity index (χ2v) is 4.12. The maximum Gasteiger partial charge on any atom is 0.0256 e. The molecular weight excluding hydrogens is 182 g/mol. The van der Waals surface area contributed by atoms with Crippen LogP contribution in [0.15, 0.2) is 36.5 Å². The monoisotopic (exact) mass is 197 g/mol. The molecule has 1 aliphatic rings. The van der Waals surface area contributed by atoms with Gasteiger partial charge >= 0.3 is 0 Å². The van der Waals surface area contributed by atoms with E-state index in [0.29, 0.717) is 0 Å². The molecule has 1 heterocycles. The third-order valence-corrected chi connectivity index (χ3v) is 3.36. The van der Waals surface area contributed by atoms with Crippen molar-refractivity contribution in [3.05, 3.63) is 47.8 Å². The minimum atomic E-state index is 1.08. The Morgan fingerprint density at radius 3 is 2.80 bits per heavy atom. The van der Waals surface area contributed by atoms with E-state index in [1.54, 1.807) is 0 Å². The van der Waals surface area contributed by atoms with E-state index in [1.807, 2.05) is 0 Å². The predicted octanol–water partition coefficient (Wildman–Crippen LogP) is 3.27. The highest BCUT2D eigenvalue weighted by atomic mass is 15.0. The molecule has 0 fully saturated rings. The molecule has 0 spiro atoms. The first-order valence-corrected chi connectivity index (χ1v) is 5.66. The van der Waals surface area contributed by atoms with Crippen molar-refractivity contribution in [3.8, 4) is 11.1 Å². The lowest BCUT2D eigenvalue weighted by Gasteiger charge is -2.18. The number of nitrogens with zero attached hydrogens (tertiary/aromatic N) is 1. The van der Waals surface area contributed by atoms with Crippen LogP contribution in [0, 0.1) is 0 Å². The fourth-order valence-corrected chi connectivity index (χ4v) is 2.58. The molecule has 0 unspecified atom stereocenters. The zero-order valence-corrected chi connectivity index (χ0v) is 9.03. The highest BCUT2D eigenvalue weighted by Gasteiger charge is 2.17. The van der Waals surface area contributed by atoms with Crippen molar-refractivity contribution in [2.45, 2.75) is 26.3 Å². The van der Waals surface area contributed by atoms with Gasteiger partial charge in [0.15, 0.2) is 0 Å². The van der Waals surface area contributed by atoms with E-state index in [9.17, 15) is 0 Å². The van der Waals surface area contributed by atoms with E-state index in [4.69, 9.17) is 0 Å². The molecule has 1 aliphatic carbocycles. The minimum absolute atomic E-state index is 1.08. The molecule has 0 N–H and O–H groups in total. The van der Waals surface area contributed by atoms with Crippen LogP contribution < -0.4 is 0 Å². The average Bonchev–Trinajstić information content (AvgIpc) is 2.72. The number of fused-ring (bicyclic) bond motifs is 3. The smallest absolute Gasteiger partial charge is 0.0256 e. The van der Waals surface area contributed by atoms with Crippen LogP contribution in [0.1, 0.15) is 18.2 Å². The van der Waals surface area contributed by atoms with E-state index in [1.165, 1.54) is 35.2 Å². The third-order valence-electron chi connectivity index (χ3n) is 3.36. The lowest BCUT2D eigenvalue weighted by atomic mass is 9.90. The Kier molecular flexibility index (Phi) is 1.91. The number of hydrogen-bond acceptors (Lipinski definition) is 0. The van der Waals surface area contributed by atoms with Crippen molar-refractivity contribution in [3.63, 3.8) is 0 Å². The van der Waals surface area contributed by atoms with Crippen LogP contribution in [-0.4, -0.2) is 4.57 Å². The normalized spacial score (nSPS) is 13.4. The zero-order valence-electron chi connectivity index (χ0n) is 9.03. The van der Waals surface area contributed by atoms with Gasteiger partial charge in [0.2, 0.25) is 0 Å². The van der Waals surface area contributed by atoms with Crippen molar-refractivity contribution < 1.29 is 0 Å². The summed E-state index contributed by atoms with van der Waals surface area (Å²) in [6, 6.07) is 11.0. The van der Waals surface area contributed by atoms with Gasteiger partial charge < -0.3 is 4.57 Å². The molecule has 0 amide bonds. The summed E-state index contributed by atoms with van der Waals surface area (Å²) in [7, 11) is 0. The maximum atomic E-state index is 2.37. The summed E-state index contributed by atoms with van der Waals surface area (Å²) in [4.78, 5) is 0. The molecule has 15 heavy (non-hydrogen) atoms. The molecule has 0 aliphatic heterocycles. The molecule has 76 valence electrons. The summed E-state index contributed by atoms with van der Waals surface area (Å²) in [6.45, 7) is 3.29. The molecule has 0 saturated heterocycles. The molecule has 1 aromatic carbocycles. The Hall–Kier alpha value is -1.50. The van der Waals surface area contributed by atoms with Gasteiger partial charge in [0.1, 0.15) is 0 Å². The molecule has 1 nitrogen and oxygen atoms in total. The largest absolute Gasteiger partial charge is 0.351 e. The fourth-order valence-electron chi connectivity index (χ4n) is 2.58.